The normalized spacial score (nSPS) is 24.1. The highest BCUT2D eigenvalue weighted by Crippen LogP contribution is 2.34. The molecule has 8 heteroatoms. The summed E-state index contributed by atoms with van der Waals surface area (Å²) in [6.07, 6.45) is 5.00. The van der Waals surface area contributed by atoms with Crippen LogP contribution in [0.5, 0.6) is 5.75 Å². The molecule has 0 aromatic heterocycles. The van der Waals surface area contributed by atoms with E-state index in [1.54, 1.807) is 25.1 Å². The Morgan fingerprint density at radius 1 is 1.21 bits per heavy atom. The second-order valence-corrected chi connectivity index (χ2v) is 12.2. The van der Waals surface area contributed by atoms with Gasteiger partial charge in [-0.2, -0.15) is 4.31 Å². The molecule has 1 aromatic rings. The van der Waals surface area contributed by atoms with Gasteiger partial charge in [-0.3, -0.25) is 4.90 Å². The number of hydrogen-bond acceptors (Lipinski definition) is 6. The molecule has 7 nitrogen and oxygen atoms in total. The number of aliphatic hydroxyl groups excluding tert-OH is 1. The Bertz CT molecular complexity index is 979. The van der Waals surface area contributed by atoms with Crippen LogP contribution in [0, 0.1) is 23.7 Å². The first-order valence-corrected chi connectivity index (χ1v) is 13.8. The molecule has 1 heterocycles. The van der Waals surface area contributed by atoms with Gasteiger partial charge in [-0.25, -0.2) is 8.42 Å². The molecule has 0 radical (unpaired) electrons. The zero-order valence-electron chi connectivity index (χ0n) is 21.3. The zero-order valence-corrected chi connectivity index (χ0v) is 22.1. The van der Waals surface area contributed by atoms with Gasteiger partial charge in [-0.1, -0.05) is 31.6 Å². The summed E-state index contributed by atoms with van der Waals surface area (Å²) in [5.74, 6) is 7.25. The van der Waals surface area contributed by atoms with Crippen molar-refractivity contribution < 1.29 is 18.3 Å². The van der Waals surface area contributed by atoms with Crippen molar-refractivity contribution >= 4 is 10.0 Å². The van der Waals surface area contributed by atoms with Gasteiger partial charge in [0.05, 0.1) is 13.2 Å². The van der Waals surface area contributed by atoms with E-state index >= 15 is 0 Å². The minimum atomic E-state index is -3.83. The lowest BCUT2D eigenvalue weighted by molar-refractivity contribution is 0.0712. The third-order valence-corrected chi connectivity index (χ3v) is 8.85. The van der Waals surface area contributed by atoms with E-state index in [9.17, 15) is 13.5 Å². The van der Waals surface area contributed by atoms with Gasteiger partial charge in [0, 0.05) is 37.2 Å². The average Bonchev–Trinajstić information content (AvgIpc) is 3.28. The van der Waals surface area contributed by atoms with Gasteiger partial charge in [0.25, 0.3) is 0 Å². The van der Waals surface area contributed by atoms with E-state index in [4.69, 9.17) is 4.74 Å². The molecule has 0 spiro atoms. The maximum absolute atomic E-state index is 13.6. The first kappa shape index (κ1) is 27.0. The van der Waals surface area contributed by atoms with Crippen LogP contribution in [0.25, 0.3) is 0 Å². The molecule has 0 unspecified atom stereocenters. The first-order valence-electron chi connectivity index (χ1n) is 12.4. The van der Waals surface area contributed by atoms with Gasteiger partial charge in [0.1, 0.15) is 16.7 Å². The molecule has 190 valence electrons. The molecular weight excluding hydrogens is 450 g/mol. The third-order valence-electron chi connectivity index (χ3n) is 6.83. The number of hydrogen-bond donors (Lipinski definition) is 1. The Morgan fingerprint density at radius 2 is 1.91 bits per heavy atom. The first-order chi connectivity index (χ1) is 16.1. The van der Waals surface area contributed by atoms with Gasteiger partial charge >= 0.3 is 0 Å². The molecule has 3 atom stereocenters. The fraction of sp³-hybridized carbons (Fsp3) is 0.692. The summed E-state index contributed by atoms with van der Waals surface area (Å²) in [6.45, 7) is 6.21. The second-order valence-electron chi connectivity index (χ2n) is 10.3. The van der Waals surface area contributed by atoms with Crippen molar-refractivity contribution in [2.24, 2.45) is 11.8 Å². The lowest BCUT2D eigenvalue weighted by Gasteiger charge is -2.38. The molecule has 34 heavy (non-hydrogen) atoms. The summed E-state index contributed by atoms with van der Waals surface area (Å²) >= 11 is 0. The molecule has 1 N–H and O–H groups in total. The molecular formula is C26H41N3O4S. The van der Waals surface area contributed by atoms with Gasteiger partial charge in [0.2, 0.25) is 10.0 Å². The van der Waals surface area contributed by atoms with Crippen molar-refractivity contribution in [3.8, 4) is 17.6 Å². The predicted molar refractivity (Wildman–Crippen MR) is 135 cm³/mol. The van der Waals surface area contributed by atoms with Gasteiger partial charge in [-0.05, 0) is 65.0 Å². The van der Waals surface area contributed by atoms with E-state index < -0.39 is 16.1 Å². The summed E-state index contributed by atoms with van der Waals surface area (Å²) in [7, 11) is 2.21. The maximum atomic E-state index is 13.6. The standard InChI is InChI=1S/C26H41N3O4S/c1-20-16-29(21(2)19-30)34(31,32)26-13-12-22(11-8-14-27(3)4)15-24(26)33-25(20)18-28(5)17-23-9-6-7-10-23/h12-13,15,20-21,23,25,30H,6-7,9-10,14,16-19H2,1-5H3/t20-,21+,25+/m1/s1. The lowest BCUT2D eigenvalue weighted by atomic mass is 10.0. The van der Waals surface area contributed by atoms with Crippen molar-refractivity contribution in [1.82, 2.24) is 14.1 Å². The Hall–Kier alpha value is -1.63. The number of rotatable bonds is 7. The van der Waals surface area contributed by atoms with Crippen molar-refractivity contribution in [3.05, 3.63) is 23.8 Å². The lowest BCUT2D eigenvalue weighted by Crippen LogP contribution is -2.49. The Balaban J connectivity index is 1.94. The van der Waals surface area contributed by atoms with E-state index in [1.165, 1.54) is 30.0 Å². The summed E-state index contributed by atoms with van der Waals surface area (Å²) < 4.78 is 35.0. The highest BCUT2D eigenvalue weighted by atomic mass is 32.2. The summed E-state index contributed by atoms with van der Waals surface area (Å²) in [6, 6.07) is 4.56. The minimum Gasteiger partial charge on any atom is -0.487 e. The van der Waals surface area contributed by atoms with Crippen LogP contribution >= 0.6 is 0 Å². The maximum Gasteiger partial charge on any atom is 0.247 e. The number of aliphatic hydroxyl groups is 1. The van der Waals surface area contributed by atoms with Crippen LogP contribution in [-0.2, 0) is 10.0 Å². The minimum absolute atomic E-state index is 0.0496. The average molecular weight is 492 g/mol. The van der Waals surface area contributed by atoms with Crippen molar-refractivity contribution in [1.29, 1.82) is 0 Å². The fourth-order valence-corrected chi connectivity index (χ4v) is 6.66. The van der Waals surface area contributed by atoms with Gasteiger partial charge < -0.3 is 14.7 Å². The van der Waals surface area contributed by atoms with Crippen LogP contribution in [0.4, 0.5) is 0 Å². The Morgan fingerprint density at radius 3 is 2.56 bits per heavy atom. The van der Waals surface area contributed by atoms with Crippen LogP contribution in [-0.4, -0.2) is 93.7 Å². The van der Waals surface area contributed by atoms with Crippen LogP contribution in [0.15, 0.2) is 23.1 Å². The zero-order chi connectivity index (χ0) is 24.9. The molecule has 1 aliphatic carbocycles. The molecule has 1 aromatic carbocycles. The van der Waals surface area contributed by atoms with Crippen LogP contribution < -0.4 is 4.74 Å². The van der Waals surface area contributed by atoms with Crippen molar-refractivity contribution in [2.75, 3.05) is 53.9 Å². The largest absolute Gasteiger partial charge is 0.487 e. The van der Waals surface area contributed by atoms with Crippen molar-refractivity contribution in [2.45, 2.75) is 56.6 Å². The summed E-state index contributed by atoms with van der Waals surface area (Å²) in [5, 5.41) is 9.80. The van der Waals surface area contributed by atoms with E-state index in [0.29, 0.717) is 18.8 Å². The number of sulfonamides is 1. The highest BCUT2D eigenvalue weighted by molar-refractivity contribution is 7.89. The Labute approximate surface area is 206 Å². The SMILES string of the molecule is C[C@@H]1CN([C@@H](C)CO)S(=O)(=O)c2ccc(C#CCN(C)C)cc2O[C@H]1CN(C)CC1CCCC1. The molecule has 1 saturated carbocycles. The number of ether oxygens (including phenoxy) is 1. The van der Waals surface area contributed by atoms with E-state index in [0.717, 1.165) is 24.6 Å². The highest BCUT2D eigenvalue weighted by Gasteiger charge is 2.38. The molecule has 1 aliphatic heterocycles. The van der Waals surface area contributed by atoms with Gasteiger partial charge in [-0.15, -0.1) is 0 Å². The van der Waals surface area contributed by atoms with Crippen molar-refractivity contribution in [3.63, 3.8) is 0 Å². The van der Waals surface area contributed by atoms with E-state index in [-0.39, 0.29) is 23.5 Å². The molecule has 0 saturated heterocycles. The van der Waals surface area contributed by atoms with Crippen LogP contribution in [0.1, 0.15) is 45.1 Å². The summed E-state index contributed by atoms with van der Waals surface area (Å²) in [4.78, 5) is 4.45. The van der Waals surface area contributed by atoms with Gasteiger partial charge in [0.15, 0.2) is 0 Å². The van der Waals surface area contributed by atoms with Crippen LogP contribution in [0.3, 0.4) is 0 Å². The predicted octanol–water partition coefficient (Wildman–Crippen LogP) is 2.49. The number of fused-ring (bicyclic) bond motifs is 1. The molecule has 0 amide bonds. The van der Waals surface area contributed by atoms with E-state index in [1.807, 2.05) is 25.9 Å². The topological polar surface area (TPSA) is 73.3 Å². The van der Waals surface area contributed by atoms with E-state index in [2.05, 4.69) is 23.8 Å². The molecule has 2 aliphatic rings. The second kappa shape index (κ2) is 11.9. The number of likely N-dealkylation sites (N-methyl/N-ethyl adjacent to an activating group) is 1. The fourth-order valence-electron chi connectivity index (χ4n) is 4.84. The molecule has 3 rings (SSSR count). The smallest absolute Gasteiger partial charge is 0.247 e. The third kappa shape index (κ3) is 6.73. The molecule has 1 fully saturated rings. The quantitative estimate of drug-likeness (QED) is 0.591. The molecule has 0 bridgehead atoms. The number of benzene rings is 1. The van der Waals surface area contributed by atoms with Crippen LogP contribution in [0.2, 0.25) is 0 Å². The number of nitrogens with zero attached hydrogens (tertiary/aromatic N) is 3. The summed E-state index contributed by atoms with van der Waals surface area (Å²) in [5.41, 5.74) is 0.726. The monoisotopic (exact) mass is 491 g/mol. The Kier molecular flexibility index (Phi) is 9.41.